The number of amides is 4. The lowest BCUT2D eigenvalue weighted by Gasteiger charge is -2.37. The molecule has 2 aliphatic heterocycles. The molecule has 0 spiro atoms. The van der Waals surface area contributed by atoms with Gasteiger partial charge in [-0.05, 0) is 55.1 Å². The van der Waals surface area contributed by atoms with Gasteiger partial charge in [0.2, 0.25) is 5.91 Å². The van der Waals surface area contributed by atoms with Crippen LogP contribution in [0.4, 0.5) is 4.79 Å². The van der Waals surface area contributed by atoms with Crippen LogP contribution in [0.1, 0.15) is 101 Å². The number of likely N-dealkylation sites (tertiary alicyclic amines) is 1. The summed E-state index contributed by atoms with van der Waals surface area (Å²) in [6.07, 6.45) is 7.61. The van der Waals surface area contributed by atoms with Gasteiger partial charge in [0.25, 0.3) is 5.91 Å². The molecule has 2 fully saturated rings. The molecule has 45 heavy (non-hydrogen) atoms. The first-order valence-electron chi connectivity index (χ1n) is 16.8. The molecule has 1 aromatic rings. The molecule has 0 bridgehead atoms. The maximum atomic E-state index is 13.2. The number of urea groups is 1. The first kappa shape index (κ1) is 34.7. The van der Waals surface area contributed by atoms with E-state index in [1.165, 1.54) is 6.42 Å². The smallest absolute Gasteiger partial charge is 0.324 e. The number of fused-ring (bicyclic) bond motifs is 1. The van der Waals surface area contributed by atoms with Gasteiger partial charge in [-0.3, -0.25) is 19.7 Å². The van der Waals surface area contributed by atoms with Crippen molar-refractivity contribution in [2.45, 2.75) is 116 Å². The summed E-state index contributed by atoms with van der Waals surface area (Å²) < 4.78 is 0. The first-order chi connectivity index (χ1) is 21.4. The molecule has 1 aromatic carbocycles. The van der Waals surface area contributed by atoms with Gasteiger partial charge in [0, 0.05) is 25.2 Å². The summed E-state index contributed by atoms with van der Waals surface area (Å²) in [5.74, 6) is -1.38. The number of benzene rings is 1. The van der Waals surface area contributed by atoms with Gasteiger partial charge < -0.3 is 30.6 Å². The monoisotopic (exact) mass is 627 g/mol. The van der Waals surface area contributed by atoms with Crippen LogP contribution < -0.4 is 16.0 Å². The van der Waals surface area contributed by atoms with Crippen molar-refractivity contribution >= 4 is 23.8 Å². The van der Waals surface area contributed by atoms with Crippen LogP contribution >= 0.6 is 0 Å². The Morgan fingerprint density at radius 3 is 2.53 bits per heavy atom. The number of carboxylic acid groups (broad SMARTS) is 1. The van der Waals surface area contributed by atoms with Gasteiger partial charge in [-0.25, -0.2) is 4.79 Å². The molecule has 5 atom stereocenters. The molecule has 0 aromatic heterocycles. The molecule has 4 rings (SSSR count). The maximum Gasteiger partial charge on any atom is 0.324 e. The Hall–Kier alpha value is -3.18. The van der Waals surface area contributed by atoms with Crippen molar-refractivity contribution in [3.05, 3.63) is 35.4 Å². The summed E-state index contributed by atoms with van der Waals surface area (Å²) in [5, 5.41) is 29.7. The number of unbranched alkanes of at least 4 members (excludes halogenated alkanes) is 4. The Balaban J connectivity index is 1.27. The highest BCUT2D eigenvalue weighted by Gasteiger charge is 2.61. The van der Waals surface area contributed by atoms with Gasteiger partial charge in [-0.2, -0.15) is 0 Å². The van der Waals surface area contributed by atoms with Gasteiger partial charge in [0.1, 0.15) is 11.8 Å². The summed E-state index contributed by atoms with van der Waals surface area (Å²) >= 11 is 0. The molecule has 5 N–H and O–H groups in total. The van der Waals surface area contributed by atoms with E-state index in [0.29, 0.717) is 44.5 Å². The van der Waals surface area contributed by atoms with Crippen molar-refractivity contribution < 1.29 is 29.4 Å². The SMILES string of the molecule is CCCCCCCC1C[C@]1(NC(O)[C@@H]1CCCN1C(=O)CNC(=O)N[C@H](CN1CCc2ccccc2C1=O)C(C)(C)C)C(=O)O. The fourth-order valence-corrected chi connectivity index (χ4v) is 6.83. The number of carbonyl (C=O) groups is 4. The topological polar surface area (TPSA) is 151 Å². The number of nitrogens with zero attached hydrogens (tertiary/aromatic N) is 2. The minimum absolute atomic E-state index is 0.0343. The van der Waals surface area contributed by atoms with Gasteiger partial charge in [-0.15, -0.1) is 0 Å². The lowest BCUT2D eigenvalue weighted by molar-refractivity contribution is -0.143. The van der Waals surface area contributed by atoms with Crippen LogP contribution in [0, 0.1) is 11.3 Å². The van der Waals surface area contributed by atoms with Gasteiger partial charge >= 0.3 is 12.0 Å². The van der Waals surface area contributed by atoms with Gasteiger partial charge in [0.05, 0.1) is 18.6 Å². The van der Waals surface area contributed by atoms with Crippen LogP contribution in [-0.4, -0.2) is 93.9 Å². The average Bonchev–Trinajstić information content (AvgIpc) is 3.46. The number of nitrogens with one attached hydrogen (secondary N) is 3. The molecule has 250 valence electrons. The lowest BCUT2D eigenvalue weighted by Crippen LogP contribution is -2.58. The van der Waals surface area contributed by atoms with Crippen molar-refractivity contribution in [2.24, 2.45) is 11.3 Å². The molecule has 1 saturated carbocycles. The second-order valence-electron chi connectivity index (χ2n) is 14.2. The summed E-state index contributed by atoms with van der Waals surface area (Å²) in [7, 11) is 0. The van der Waals surface area contributed by atoms with Crippen molar-refractivity contribution in [1.82, 2.24) is 25.8 Å². The van der Waals surface area contributed by atoms with Crippen LogP contribution in [0.25, 0.3) is 0 Å². The summed E-state index contributed by atoms with van der Waals surface area (Å²) in [6, 6.07) is 6.15. The molecule has 0 radical (unpaired) electrons. The highest BCUT2D eigenvalue weighted by molar-refractivity contribution is 5.96. The normalized spacial score (nSPS) is 24.2. The number of aliphatic carboxylic acids is 1. The van der Waals surface area contributed by atoms with Crippen LogP contribution in [0.3, 0.4) is 0 Å². The van der Waals surface area contributed by atoms with Crippen molar-refractivity contribution in [2.75, 3.05) is 26.2 Å². The highest BCUT2D eigenvalue weighted by Crippen LogP contribution is 2.48. The van der Waals surface area contributed by atoms with E-state index in [-0.39, 0.29) is 35.7 Å². The molecule has 11 heteroatoms. The molecule has 11 nitrogen and oxygen atoms in total. The third kappa shape index (κ3) is 8.55. The average molecular weight is 628 g/mol. The number of aliphatic hydroxyl groups is 1. The van der Waals surface area contributed by atoms with Crippen LogP contribution in [-0.2, 0) is 16.0 Å². The van der Waals surface area contributed by atoms with Gasteiger partial charge in [-0.1, -0.05) is 78.0 Å². The number of aliphatic hydroxyl groups excluding tert-OH is 1. The Labute approximate surface area is 267 Å². The van der Waals surface area contributed by atoms with E-state index in [4.69, 9.17) is 0 Å². The number of hydrogen-bond donors (Lipinski definition) is 5. The fraction of sp³-hybridized carbons (Fsp3) is 0.706. The van der Waals surface area contributed by atoms with Crippen molar-refractivity contribution in [1.29, 1.82) is 0 Å². The third-order valence-corrected chi connectivity index (χ3v) is 9.87. The molecule has 1 aliphatic carbocycles. The van der Waals surface area contributed by atoms with E-state index in [0.717, 1.165) is 44.1 Å². The number of carboxylic acids is 1. The molecule has 1 saturated heterocycles. The molecular formula is C34H53N5O6. The molecule has 2 unspecified atom stereocenters. The number of carbonyl (C=O) groups excluding carboxylic acids is 3. The van der Waals surface area contributed by atoms with Crippen molar-refractivity contribution in [3.8, 4) is 0 Å². The van der Waals surface area contributed by atoms with E-state index >= 15 is 0 Å². The zero-order chi connectivity index (χ0) is 32.8. The molecule has 4 amide bonds. The quantitative estimate of drug-likeness (QED) is 0.148. The van der Waals surface area contributed by atoms with E-state index in [2.05, 4.69) is 22.9 Å². The van der Waals surface area contributed by atoms with Crippen molar-refractivity contribution in [3.63, 3.8) is 0 Å². The first-order valence-corrected chi connectivity index (χ1v) is 16.8. The summed E-state index contributed by atoms with van der Waals surface area (Å²) in [5.41, 5.74) is 0.213. The predicted molar refractivity (Wildman–Crippen MR) is 172 cm³/mol. The van der Waals surface area contributed by atoms with E-state index in [1.54, 1.807) is 9.80 Å². The van der Waals surface area contributed by atoms with E-state index < -0.39 is 29.8 Å². The molecule has 2 heterocycles. The second kappa shape index (κ2) is 14.9. The fourth-order valence-electron chi connectivity index (χ4n) is 6.83. The Morgan fingerprint density at radius 2 is 1.82 bits per heavy atom. The standard InChI is InChI=1S/C34H53N5O6/c1-5-6-7-8-9-14-24-20-34(24,31(43)44)37-29(41)26-16-12-18-39(26)28(40)21-35-32(45)36-27(33(2,3)4)22-38-19-17-23-13-10-11-15-25(23)30(38)42/h10-11,13,15,24,26-27,29,37,41H,5-9,12,14,16-22H2,1-4H3,(H,43,44)(H2,35,36,45)/t24?,26-,27+,29?,34+/m0/s1. The minimum Gasteiger partial charge on any atom is -0.480 e. The van der Waals surface area contributed by atoms with Crippen LogP contribution in [0.2, 0.25) is 0 Å². The van der Waals surface area contributed by atoms with E-state index in [1.807, 2.05) is 45.0 Å². The minimum atomic E-state index is -1.18. The zero-order valence-electron chi connectivity index (χ0n) is 27.4. The summed E-state index contributed by atoms with van der Waals surface area (Å²) in [6.45, 7) is 9.23. The largest absolute Gasteiger partial charge is 0.480 e. The molecule has 3 aliphatic rings. The lowest BCUT2D eigenvalue weighted by atomic mass is 9.85. The third-order valence-electron chi connectivity index (χ3n) is 9.87. The van der Waals surface area contributed by atoms with Crippen LogP contribution in [0.15, 0.2) is 24.3 Å². The molecular weight excluding hydrogens is 574 g/mol. The predicted octanol–water partition coefficient (Wildman–Crippen LogP) is 3.50. The van der Waals surface area contributed by atoms with Gasteiger partial charge in [0.15, 0.2) is 0 Å². The maximum absolute atomic E-state index is 13.2. The Bertz CT molecular complexity index is 1220. The number of hydrogen-bond acceptors (Lipinski definition) is 6. The number of rotatable bonds is 15. The highest BCUT2D eigenvalue weighted by atomic mass is 16.4. The van der Waals surface area contributed by atoms with Crippen LogP contribution in [0.5, 0.6) is 0 Å². The zero-order valence-corrected chi connectivity index (χ0v) is 27.4. The van der Waals surface area contributed by atoms with E-state index in [9.17, 15) is 29.4 Å². The summed E-state index contributed by atoms with van der Waals surface area (Å²) in [4.78, 5) is 54.8. The Kier molecular flexibility index (Phi) is 11.5. The Morgan fingerprint density at radius 1 is 1.09 bits per heavy atom. The second-order valence-corrected chi connectivity index (χ2v) is 14.2.